The molecule has 4 rings (SSSR count). The maximum absolute atomic E-state index is 6.55. The fraction of sp³-hybridized carbons (Fsp3) is 0.455. The number of piperidine rings is 1. The van der Waals surface area contributed by atoms with Gasteiger partial charge in [0.25, 0.3) is 0 Å². The van der Waals surface area contributed by atoms with Crippen molar-refractivity contribution in [2.24, 2.45) is 0 Å². The molecule has 0 bridgehead atoms. The largest absolute Gasteiger partial charge is 0.488 e. The van der Waals surface area contributed by atoms with Crippen LogP contribution in [0.15, 0.2) is 29.2 Å². The zero-order valence-electron chi connectivity index (χ0n) is 16.0. The summed E-state index contributed by atoms with van der Waals surface area (Å²) < 4.78 is 6.45. The van der Waals surface area contributed by atoms with Gasteiger partial charge in [0.2, 0.25) is 0 Å². The standard InChI is InChI=1S/C22H24Cl3NOS/c1-3-14(4-2)28-20-8-12(21-17(24)9-13(23)10-18(21)25)7-15-16-11-26-6-5-19(16)27-22(15)20/h7-10,14,16,19,26H,3-6,11H2,1-2H3/t16-,19?/m0/s1. The van der Waals surface area contributed by atoms with E-state index in [2.05, 4.69) is 31.3 Å². The van der Waals surface area contributed by atoms with Crippen molar-refractivity contribution in [3.05, 3.63) is 44.9 Å². The Morgan fingerprint density at radius 1 is 1.11 bits per heavy atom. The Kier molecular flexibility index (Phi) is 6.39. The topological polar surface area (TPSA) is 21.3 Å². The molecule has 2 aromatic carbocycles. The minimum absolute atomic E-state index is 0.253. The van der Waals surface area contributed by atoms with Crippen LogP contribution in [0.3, 0.4) is 0 Å². The van der Waals surface area contributed by atoms with Crippen molar-refractivity contribution in [2.45, 2.75) is 55.3 Å². The molecule has 2 atom stereocenters. The van der Waals surface area contributed by atoms with Gasteiger partial charge in [-0.15, -0.1) is 11.8 Å². The van der Waals surface area contributed by atoms with E-state index in [1.165, 1.54) is 10.5 Å². The quantitative estimate of drug-likeness (QED) is 0.472. The zero-order chi connectivity index (χ0) is 19.8. The molecule has 2 heterocycles. The lowest BCUT2D eigenvalue weighted by molar-refractivity contribution is 0.169. The number of thioether (sulfide) groups is 1. The molecule has 1 saturated heterocycles. The Bertz CT molecular complexity index is 861. The summed E-state index contributed by atoms with van der Waals surface area (Å²) in [5.74, 6) is 1.43. The molecule has 0 aromatic heterocycles. The fourth-order valence-electron chi connectivity index (χ4n) is 4.15. The molecular weight excluding hydrogens is 433 g/mol. The van der Waals surface area contributed by atoms with Crippen LogP contribution >= 0.6 is 46.6 Å². The molecule has 0 radical (unpaired) electrons. The first-order valence-corrected chi connectivity index (χ1v) is 11.9. The van der Waals surface area contributed by atoms with Crippen LogP contribution in [0.5, 0.6) is 5.75 Å². The van der Waals surface area contributed by atoms with E-state index >= 15 is 0 Å². The highest BCUT2D eigenvalue weighted by Gasteiger charge is 2.38. The second kappa shape index (κ2) is 8.65. The molecule has 0 aliphatic carbocycles. The predicted molar refractivity (Wildman–Crippen MR) is 122 cm³/mol. The first-order chi connectivity index (χ1) is 13.5. The van der Waals surface area contributed by atoms with Gasteiger partial charge in [-0.2, -0.15) is 0 Å². The van der Waals surface area contributed by atoms with Gasteiger partial charge in [-0.05, 0) is 55.6 Å². The van der Waals surface area contributed by atoms with Crippen molar-refractivity contribution in [1.29, 1.82) is 0 Å². The van der Waals surface area contributed by atoms with Gasteiger partial charge < -0.3 is 10.1 Å². The summed E-state index contributed by atoms with van der Waals surface area (Å²) in [6.45, 7) is 6.43. The van der Waals surface area contributed by atoms with Gasteiger partial charge in [-0.1, -0.05) is 48.7 Å². The van der Waals surface area contributed by atoms with Gasteiger partial charge in [0.15, 0.2) is 0 Å². The minimum Gasteiger partial charge on any atom is -0.488 e. The normalized spacial score (nSPS) is 20.8. The van der Waals surface area contributed by atoms with Crippen LogP contribution in [0.4, 0.5) is 0 Å². The molecule has 1 fully saturated rings. The van der Waals surface area contributed by atoms with Crippen molar-refractivity contribution in [1.82, 2.24) is 5.32 Å². The fourth-order valence-corrected chi connectivity index (χ4v) is 6.34. The maximum atomic E-state index is 6.55. The number of ether oxygens (including phenoxy) is 1. The predicted octanol–water partition coefficient (Wildman–Crippen LogP) is 7.43. The van der Waals surface area contributed by atoms with Crippen LogP contribution in [0.2, 0.25) is 15.1 Å². The SMILES string of the molecule is CCC(CC)Sc1cc(-c2c(Cl)cc(Cl)cc2Cl)cc2c1OC1CCNC[C@@H]21. The lowest BCUT2D eigenvalue weighted by atomic mass is 9.89. The molecule has 2 aliphatic rings. The Morgan fingerprint density at radius 2 is 1.82 bits per heavy atom. The van der Waals surface area contributed by atoms with Gasteiger partial charge >= 0.3 is 0 Å². The van der Waals surface area contributed by atoms with E-state index in [9.17, 15) is 0 Å². The minimum atomic E-state index is 0.253. The summed E-state index contributed by atoms with van der Waals surface area (Å²) in [6.07, 6.45) is 3.53. The molecule has 6 heteroatoms. The number of fused-ring (bicyclic) bond motifs is 3. The van der Waals surface area contributed by atoms with Crippen LogP contribution in [0.1, 0.15) is 44.6 Å². The van der Waals surface area contributed by atoms with Crippen LogP contribution in [-0.4, -0.2) is 24.4 Å². The van der Waals surface area contributed by atoms with Gasteiger partial charge in [0, 0.05) is 33.9 Å². The average molecular weight is 457 g/mol. The molecule has 1 N–H and O–H groups in total. The molecule has 2 nitrogen and oxygen atoms in total. The van der Waals surface area contributed by atoms with Crippen molar-refractivity contribution < 1.29 is 4.74 Å². The first-order valence-electron chi connectivity index (χ1n) is 9.88. The average Bonchev–Trinajstić information content (AvgIpc) is 3.04. The molecular formula is C22H24Cl3NOS. The Morgan fingerprint density at radius 3 is 2.50 bits per heavy atom. The second-order valence-electron chi connectivity index (χ2n) is 7.45. The third-order valence-electron chi connectivity index (χ3n) is 5.67. The number of halogens is 3. The van der Waals surface area contributed by atoms with Gasteiger partial charge in [-0.25, -0.2) is 0 Å². The van der Waals surface area contributed by atoms with Crippen molar-refractivity contribution in [3.63, 3.8) is 0 Å². The zero-order valence-corrected chi connectivity index (χ0v) is 19.1. The highest BCUT2D eigenvalue weighted by molar-refractivity contribution is 8.00. The third kappa shape index (κ3) is 3.89. The van der Waals surface area contributed by atoms with Gasteiger partial charge in [0.05, 0.1) is 14.9 Å². The smallest absolute Gasteiger partial charge is 0.137 e. The molecule has 28 heavy (non-hydrogen) atoms. The van der Waals surface area contributed by atoms with E-state index in [-0.39, 0.29) is 6.10 Å². The number of rotatable bonds is 5. The third-order valence-corrected chi connectivity index (χ3v) is 8.04. The Hall–Kier alpha value is -0.580. The molecule has 2 aliphatic heterocycles. The van der Waals surface area contributed by atoms with Crippen LogP contribution < -0.4 is 10.1 Å². The van der Waals surface area contributed by atoms with Crippen LogP contribution in [0.25, 0.3) is 11.1 Å². The van der Waals surface area contributed by atoms with E-state index < -0.39 is 0 Å². The van der Waals surface area contributed by atoms with E-state index in [4.69, 9.17) is 39.5 Å². The number of nitrogens with one attached hydrogen (secondary N) is 1. The van der Waals surface area contributed by atoms with E-state index in [1.54, 1.807) is 12.1 Å². The summed E-state index contributed by atoms with van der Waals surface area (Å²) in [4.78, 5) is 1.19. The van der Waals surface area contributed by atoms with Crippen LogP contribution in [0, 0.1) is 0 Å². The van der Waals surface area contributed by atoms with E-state index in [1.807, 2.05) is 11.8 Å². The molecule has 0 amide bonds. The molecule has 150 valence electrons. The Balaban J connectivity index is 1.85. The van der Waals surface area contributed by atoms with Crippen LogP contribution in [-0.2, 0) is 0 Å². The lowest BCUT2D eigenvalue weighted by Gasteiger charge is -2.25. The van der Waals surface area contributed by atoms with Gasteiger partial charge in [0.1, 0.15) is 11.9 Å². The molecule has 0 saturated carbocycles. The molecule has 2 aromatic rings. The highest BCUT2D eigenvalue weighted by Crippen LogP contribution is 2.50. The Labute approximate surface area is 186 Å². The van der Waals surface area contributed by atoms with Crippen molar-refractivity contribution in [3.8, 4) is 16.9 Å². The summed E-state index contributed by atoms with van der Waals surface area (Å²) >= 11 is 21.1. The number of hydrogen-bond donors (Lipinski definition) is 1. The lowest BCUT2D eigenvalue weighted by Crippen LogP contribution is -2.37. The van der Waals surface area contributed by atoms with Crippen molar-refractivity contribution in [2.75, 3.05) is 13.1 Å². The first kappa shape index (κ1) is 20.7. The molecule has 0 spiro atoms. The van der Waals surface area contributed by atoms with E-state index in [0.717, 1.165) is 49.2 Å². The number of hydrogen-bond acceptors (Lipinski definition) is 3. The van der Waals surface area contributed by atoms with E-state index in [0.29, 0.717) is 26.2 Å². The maximum Gasteiger partial charge on any atom is 0.137 e. The van der Waals surface area contributed by atoms with Crippen molar-refractivity contribution >= 4 is 46.6 Å². The highest BCUT2D eigenvalue weighted by atomic mass is 35.5. The summed E-state index contributed by atoms with van der Waals surface area (Å²) in [6, 6.07) is 7.91. The summed E-state index contributed by atoms with van der Waals surface area (Å²) in [5, 5.41) is 5.77. The molecule has 1 unspecified atom stereocenters. The second-order valence-corrected chi connectivity index (χ2v) is 10.0. The summed E-state index contributed by atoms with van der Waals surface area (Å²) in [7, 11) is 0. The number of benzene rings is 2. The monoisotopic (exact) mass is 455 g/mol. The van der Waals surface area contributed by atoms with Gasteiger partial charge in [-0.3, -0.25) is 0 Å². The summed E-state index contributed by atoms with van der Waals surface area (Å²) in [5.41, 5.74) is 3.15.